The van der Waals surface area contributed by atoms with Crippen LogP contribution in [-0.2, 0) is 16.1 Å². The quantitative estimate of drug-likeness (QED) is 0.416. The van der Waals surface area contributed by atoms with E-state index >= 15 is 0 Å². The summed E-state index contributed by atoms with van der Waals surface area (Å²) in [7, 11) is 0. The van der Waals surface area contributed by atoms with Crippen LogP contribution < -0.4 is 0 Å². The summed E-state index contributed by atoms with van der Waals surface area (Å²) >= 11 is 0. The van der Waals surface area contributed by atoms with Crippen molar-refractivity contribution in [1.82, 2.24) is 9.88 Å². The summed E-state index contributed by atoms with van der Waals surface area (Å²) in [6.45, 7) is 4.09. The molecule has 1 aliphatic rings. The van der Waals surface area contributed by atoms with Crippen LogP contribution in [-0.4, -0.2) is 26.7 Å². The maximum atomic E-state index is 12.9. The molecular weight excluding hydrogens is 368 g/mol. The molecule has 1 N–H and O–H groups in total. The molecule has 4 rings (SSSR count). The van der Waals surface area contributed by atoms with Gasteiger partial charge >= 0.3 is 0 Å². The summed E-state index contributed by atoms with van der Waals surface area (Å²) in [5, 5.41) is 11.0. The lowest BCUT2D eigenvalue weighted by Crippen LogP contribution is -2.29. The van der Waals surface area contributed by atoms with Gasteiger partial charge in [0, 0.05) is 24.5 Å². The minimum atomic E-state index is -0.806. The molecule has 3 heterocycles. The number of nitrogens with zero attached hydrogens (tertiary/aromatic N) is 2. The second kappa shape index (κ2) is 7.39. The van der Waals surface area contributed by atoms with E-state index in [9.17, 15) is 14.7 Å². The second-order valence-corrected chi connectivity index (χ2v) is 7.10. The molecule has 0 radical (unpaired) electrons. The van der Waals surface area contributed by atoms with Crippen LogP contribution in [0.15, 0.2) is 71.1 Å². The summed E-state index contributed by atoms with van der Waals surface area (Å²) in [6.07, 6.45) is 4.74. The van der Waals surface area contributed by atoms with Gasteiger partial charge in [0.1, 0.15) is 17.6 Å². The van der Waals surface area contributed by atoms with Crippen molar-refractivity contribution in [2.24, 2.45) is 0 Å². The standard InChI is InChI=1S/C23H20N2O4/c1-14-5-6-17(12-15(14)2)21(26)19-20(18-4-3-11-29-18)25(23(28)22(19)27)13-16-7-9-24-10-8-16/h3-12,20,26H,13H2,1-2H3/b21-19-. The molecule has 1 aromatic carbocycles. The number of furan rings is 1. The van der Waals surface area contributed by atoms with Gasteiger partial charge in [0.25, 0.3) is 11.7 Å². The lowest BCUT2D eigenvalue weighted by atomic mass is 9.97. The van der Waals surface area contributed by atoms with Gasteiger partial charge in [-0.2, -0.15) is 0 Å². The number of likely N-dealkylation sites (tertiary alicyclic amines) is 1. The first kappa shape index (κ1) is 18.7. The molecule has 6 nitrogen and oxygen atoms in total. The Morgan fingerprint density at radius 2 is 1.86 bits per heavy atom. The Morgan fingerprint density at radius 1 is 1.10 bits per heavy atom. The molecule has 1 fully saturated rings. The van der Waals surface area contributed by atoms with Crippen LogP contribution in [0, 0.1) is 13.8 Å². The lowest BCUT2D eigenvalue weighted by molar-refractivity contribution is -0.140. The average Bonchev–Trinajstić information content (AvgIpc) is 3.33. The first-order chi connectivity index (χ1) is 14.0. The van der Waals surface area contributed by atoms with Crippen LogP contribution in [0.4, 0.5) is 0 Å². The second-order valence-electron chi connectivity index (χ2n) is 7.10. The number of aromatic nitrogens is 1. The SMILES string of the molecule is Cc1ccc(/C(O)=C2/C(=O)C(=O)N(Cc3ccncc3)C2c2ccco2)cc1C. The zero-order valence-electron chi connectivity index (χ0n) is 16.1. The molecule has 1 amide bonds. The molecule has 1 saturated heterocycles. The fraction of sp³-hybridized carbons (Fsp3) is 0.174. The van der Waals surface area contributed by atoms with Crippen LogP contribution in [0.3, 0.4) is 0 Å². The predicted molar refractivity (Wildman–Crippen MR) is 107 cm³/mol. The third-order valence-electron chi connectivity index (χ3n) is 5.24. The molecule has 146 valence electrons. The fourth-order valence-electron chi connectivity index (χ4n) is 3.51. The first-order valence-corrected chi connectivity index (χ1v) is 9.25. The lowest BCUT2D eigenvalue weighted by Gasteiger charge is -2.23. The van der Waals surface area contributed by atoms with Crippen LogP contribution >= 0.6 is 0 Å². The summed E-state index contributed by atoms with van der Waals surface area (Å²) < 4.78 is 5.54. The van der Waals surface area contributed by atoms with E-state index in [0.29, 0.717) is 11.3 Å². The van der Waals surface area contributed by atoms with E-state index in [4.69, 9.17) is 4.42 Å². The minimum absolute atomic E-state index is 0.0299. The highest BCUT2D eigenvalue weighted by atomic mass is 16.3. The number of pyridine rings is 1. The van der Waals surface area contributed by atoms with Gasteiger partial charge in [-0.3, -0.25) is 14.6 Å². The van der Waals surface area contributed by atoms with Crippen molar-refractivity contribution in [1.29, 1.82) is 0 Å². The van der Waals surface area contributed by atoms with Crippen molar-refractivity contribution in [2.75, 3.05) is 0 Å². The number of ketones is 1. The van der Waals surface area contributed by atoms with E-state index in [1.54, 1.807) is 48.8 Å². The molecule has 1 atom stereocenters. The number of aliphatic hydroxyl groups is 1. The summed E-state index contributed by atoms with van der Waals surface area (Å²) in [5.41, 5.74) is 3.40. The molecule has 3 aromatic rings. The van der Waals surface area contributed by atoms with E-state index in [1.165, 1.54) is 11.2 Å². The molecule has 0 saturated carbocycles. The number of rotatable bonds is 4. The third-order valence-corrected chi connectivity index (χ3v) is 5.24. The van der Waals surface area contributed by atoms with Crippen LogP contribution in [0.25, 0.3) is 5.76 Å². The molecule has 1 aliphatic heterocycles. The van der Waals surface area contributed by atoms with Gasteiger partial charge in [0.05, 0.1) is 11.8 Å². The normalized spacial score (nSPS) is 18.4. The van der Waals surface area contributed by atoms with Gasteiger partial charge in [0.15, 0.2) is 0 Å². The molecule has 6 heteroatoms. The van der Waals surface area contributed by atoms with Crippen molar-refractivity contribution in [3.05, 3.63) is 94.7 Å². The third kappa shape index (κ3) is 3.33. The van der Waals surface area contributed by atoms with Gasteiger partial charge in [-0.25, -0.2) is 0 Å². The van der Waals surface area contributed by atoms with Gasteiger partial charge in [0.2, 0.25) is 0 Å². The Morgan fingerprint density at radius 3 is 2.52 bits per heavy atom. The van der Waals surface area contributed by atoms with Gasteiger partial charge in [-0.05, 0) is 60.9 Å². The van der Waals surface area contributed by atoms with E-state index in [1.807, 2.05) is 19.9 Å². The number of aryl methyl sites for hydroxylation is 2. The van der Waals surface area contributed by atoms with Gasteiger partial charge < -0.3 is 14.4 Å². The van der Waals surface area contributed by atoms with Crippen molar-refractivity contribution in [3.8, 4) is 0 Å². The molecule has 0 aliphatic carbocycles. The monoisotopic (exact) mass is 388 g/mol. The smallest absolute Gasteiger partial charge is 0.296 e. The zero-order chi connectivity index (χ0) is 20.5. The molecule has 29 heavy (non-hydrogen) atoms. The van der Waals surface area contributed by atoms with Crippen molar-refractivity contribution < 1.29 is 19.1 Å². The highest BCUT2D eigenvalue weighted by Crippen LogP contribution is 2.40. The van der Waals surface area contributed by atoms with Crippen LogP contribution in [0.1, 0.15) is 34.1 Å². The number of amides is 1. The Kier molecular flexibility index (Phi) is 4.76. The highest BCUT2D eigenvalue weighted by Gasteiger charge is 2.47. The number of aliphatic hydroxyl groups excluding tert-OH is 1. The van der Waals surface area contributed by atoms with E-state index in [2.05, 4.69) is 4.98 Å². The number of benzene rings is 1. The Hall–Kier alpha value is -3.67. The highest BCUT2D eigenvalue weighted by molar-refractivity contribution is 6.46. The Labute approximate surface area is 168 Å². The number of hydrogen-bond acceptors (Lipinski definition) is 5. The van der Waals surface area contributed by atoms with E-state index in [-0.39, 0.29) is 17.9 Å². The molecule has 1 unspecified atom stereocenters. The summed E-state index contributed by atoms with van der Waals surface area (Å²) in [5.74, 6) is -1.18. The predicted octanol–water partition coefficient (Wildman–Crippen LogP) is 3.91. The number of Topliss-reactive ketones (excluding diaryl/α,β-unsaturated/α-hetero) is 1. The number of carbonyl (C=O) groups is 2. The van der Waals surface area contributed by atoms with Crippen molar-refractivity contribution >= 4 is 17.4 Å². The zero-order valence-corrected chi connectivity index (χ0v) is 16.1. The summed E-state index contributed by atoms with van der Waals surface area (Å²) in [6, 6.07) is 11.6. The van der Waals surface area contributed by atoms with E-state index in [0.717, 1.165) is 16.7 Å². The maximum Gasteiger partial charge on any atom is 0.296 e. The summed E-state index contributed by atoms with van der Waals surface area (Å²) in [4.78, 5) is 31.2. The molecule has 0 spiro atoms. The molecule has 2 aromatic heterocycles. The van der Waals surface area contributed by atoms with Crippen LogP contribution in [0.5, 0.6) is 0 Å². The van der Waals surface area contributed by atoms with Crippen molar-refractivity contribution in [3.63, 3.8) is 0 Å². The van der Waals surface area contributed by atoms with Gasteiger partial charge in [-0.1, -0.05) is 12.1 Å². The topological polar surface area (TPSA) is 83.6 Å². The van der Waals surface area contributed by atoms with E-state index < -0.39 is 17.7 Å². The van der Waals surface area contributed by atoms with Crippen LogP contribution in [0.2, 0.25) is 0 Å². The Balaban J connectivity index is 1.84. The molecule has 0 bridgehead atoms. The fourth-order valence-corrected chi connectivity index (χ4v) is 3.51. The maximum absolute atomic E-state index is 12.9. The minimum Gasteiger partial charge on any atom is -0.507 e. The average molecular weight is 388 g/mol. The number of carbonyl (C=O) groups excluding carboxylic acids is 2. The Bertz CT molecular complexity index is 1100. The first-order valence-electron chi connectivity index (χ1n) is 9.25. The molecular formula is C23H20N2O4. The van der Waals surface area contributed by atoms with Gasteiger partial charge in [-0.15, -0.1) is 0 Å². The van der Waals surface area contributed by atoms with Crippen molar-refractivity contribution in [2.45, 2.75) is 26.4 Å². The number of hydrogen-bond donors (Lipinski definition) is 1. The largest absolute Gasteiger partial charge is 0.507 e.